The summed E-state index contributed by atoms with van der Waals surface area (Å²) in [6.45, 7) is 20.3. The lowest BCUT2D eigenvalue weighted by Crippen LogP contribution is -2.60. The summed E-state index contributed by atoms with van der Waals surface area (Å²) in [6.07, 6.45) is 8.69. The van der Waals surface area contributed by atoms with Crippen molar-refractivity contribution in [1.29, 1.82) is 0 Å². The number of allylic oxidation sites excluding steroid dienone is 2. The first kappa shape index (κ1) is 22.5. The van der Waals surface area contributed by atoms with Gasteiger partial charge in [0.15, 0.2) is 25.0 Å². The van der Waals surface area contributed by atoms with Crippen LogP contribution in [0.15, 0.2) is 11.6 Å². The van der Waals surface area contributed by atoms with Crippen LogP contribution in [0.1, 0.15) is 32.1 Å². The van der Waals surface area contributed by atoms with Gasteiger partial charge in [-0.05, 0) is 91.0 Å². The van der Waals surface area contributed by atoms with Gasteiger partial charge >= 0.3 is 8.80 Å². The zero-order chi connectivity index (χ0) is 18.6. The molecule has 0 aromatic rings. The van der Waals surface area contributed by atoms with Gasteiger partial charge in [0, 0.05) is 6.04 Å². The van der Waals surface area contributed by atoms with Gasteiger partial charge in [-0.15, -0.1) is 0 Å². The molecule has 0 aromatic carbocycles. The quantitative estimate of drug-likeness (QED) is 0.330. The third kappa shape index (κ3) is 9.84. The Morgan fingerprint density at radius 1 is 0.750 bits per heavy atom. The predicted molar refractivity (Wildman–Crippen MR) is 115 cm³/mol. The molecule has 0 N–H and O–H groups in total. The van der Waals surface area contributed by atoms with E-state index in [1.165, 1.54) is 25.7 Å². The van der Waals surface area contributed by atoms with E-state index in [1.807, 2.05) is 0 Å². The number of rotatable bonds is 9. The van der Waals surface area contributed by atoms with E-state index in [0.29, 0.717) is 0 Å². The fourth-order valence-electron chi connectivity index (χ4n) is 3.06. The summed E-state index contributed by atoms with van der Waals surface area (Å²) in [5, 5.41) is 0. The van der Waals surface area contributed by atoms with Gasteiger partial charge in [-0.25, -0.2) is 0 Å². The van der Waals surface area contributed by atoms with Gasteiger partial charge in [0.2, 0.25) is 0 Å². The smallest absolute Gasteiger partial charge is 0.417 e. The Hall–Kier alpha value is 0.488. The van der Waals surface area contributed by atoms with E-state index in [4.69, 9.17) is 12.3 Å². The van der Waals surface area contributed by atoms with E-state index in [1.54, 1.807) is 5.57 Å². The fourth-order valence-corrected chi connectivity index (χ4v) is 17.7. The summed E-state index contributed by atoms with van der Waals surface area (Å²) < 4.78 is 20.2. The maximum atomic E-state index is 6.74. The number of hydrogen-bond donors (Lipinski definition) is 0. The third-order valence-corrected chi connectivity index (χ3v) is 15.5. The summed E-state index contributed by atoms with van der Waals surface area (Å²) in [4.78, 5) is 0. The predicted octanol–water partition coefficient (Wildman–Crippen LogP) is 6.37. The molecule has 24 heavy (non-hydrogen) atoms. The largest absolute Gasteiger partial charge is 0.469 e. The molecule has 1 rings (SSSR count). The van der Waals surface area contributed by atoms with Gasteiger partial charge in [-0.3, -0.25) is 0 Å². The highest BCUT2D eigenvalue weighted by molar-refractivity contribution is 6.90. The average molecular weight is 405 g/mol. The van der Waals surface area contributed by atoms with Gasteiger partial charge < -0.3 is 12.3 Å². The van der Waals surface area contributed by atoms with Crippen LogP contribution in [-0.2, 0) is 12.3 Å². The minimum absolute atomic E-state index is 0.956. The van der Waals surface area contributed by atoms with Crippen molar-refractivity contribution in [2.45, 2.75) is 97.1 Å². The van der Waals surface area contributed by atoms with Crippen molar-refractivity contribution in [2.24, 2.45) is 0 Å². The second kappa shape index (κ2) is 8.45. The SMILES string of the molecule is C[Si](C)(C)O[Si](CCC1=CCCCC1)(O[Si](C)(C)C)O[Si](C)(C)C. The van der Waals surface area contributed by atoms with Crippen molar-refractivity contribution < 1.29 is 12.3 Å². The lowest BCUT2D eigenvalue weighted by Gasteiger charge is -2.43. The second-order valence-electron chi connectivity index (χ2n) is 9.93. The minimum atomic E-state index is -2.64. The molecule has 0 saturated heterocycles. The molecule has 0 fully saturated rings. The molecule has 0 spiro atoms. The van der Waals surface area contributed by atoms with Gasteiger partial charge in [0.1, 0.15) is 0 Å². The Morgan fingerprint density at radius 2 is 1.21 bits per heavy atom. The van der Waals surface area contributed by atoms with E-state index in [0.717, 1.165) is 12.5 Å². The van der Waals surface area contributed by atoms with Crippen molar-refractivity contribution in [3.63, 3.8) is 0 Å². The molecular weight excluding hydrogens is 365 g/mol. The molecule has 3 nitrogen and oxygen atoms in total. The Morgan fingerprint density at radius 3 is 1.54 bits per heavy atom. The molecule has 0 unspecified atom stereocenters. The number of hydrogen-bond acceptors (Lipinski definition) is 3. The maximum absolute atomic E-state index is 6.74. The normalized spacial score (nSPS) is 17.8. The Balaban J connectivity index is 3.04. The average Bonchev–Trinajstić information content (AvgIpc) is 2.31. The molecule has 0 heterocycles. The van der Waals surface area contributed by atoms with Gasteiger partial charge in [-0.2, -0.15) is 0 Å². The van der Waals surface area contributed by atoms with Crippen molar-refractivity contribution in [2.75, 3.05) is 0 Å². The van der Waals surface area contributed by atoms with Crippen LogP contribution in [0.4, 0.5) is 0 Å². The lowest BCUT2D eigenvalue weighted by atomic mass is 9.98. The van der Waals surface area contributed by atoms with E-state index >= 15 is 0 Å². The summed E-state index contributed by atoms with van der Waals surface area (Å²) in [5.41, 5.74) is 1.59. The summed E-state index contributed by atoms with van der Waals surface area (Å²) in [7, 11) is -7.87. The molecule has 1 aliphatic carbocycles. The minimum Gasteiger partial charge on any atom is -0.417 e. The highest BCUT2D eigenvalue weighted by Crippen LogP contribution is 2.32. The van der Waals surface area contributed by atoms with Crippen LogP contribution < -0.4 is 0 Å². The highest BCUT2D eigenvalue weighted by atomic mass is 28.5. The van der Waals surface area contributed by atoms with Crippen molar-refractivity contribution in [1.82, 2.24) is 0 Å². The van der Waals surface area contributed by atoms with E-state index in [-0.39, 0.29) is 0 Å². The molecule has 0 atom stereocenters. The molecule has 7 heteroatoms. The monoisotopic (exact) mass is 404 g/mol. The molecule has 1 aliphatic rings. The van der Waals surface area contributed by atoms with Crippen LogP contribution in [0, 0.1) is 0 Å². The second-order valence-corrected chi connectivity index (χ2v) is 26.9. The van der Waals surface area contributed by atoms with E-state index in [2.05, 4.69) is 65.0 Å². The zero-order valence-corrected chi connectivity index (χ0v) is 21.5. The maximum Gasteiger partial charge on any atom is 0.469 e. The van der Waals surface area contributed by atoms with Crippen LogP contribution in [0.3, 0.4) is 0 Å². The van der Waals surface area contributed by atoms with E-state index in [9.17, 15) is 0 Å². The Labute approximate surface area is 154 Å². The lowest BCUT2D eigenvalue weighted by molar-refractivity contribution is 0.251. The highest BCUT2D eigenvalue weighted by Gasteiger charge is 2.49. The Bertz CT molecular complexity index is 390. The van der Waals surface area contributed by atoms with Gasteiger partial charge in [0.25, 0.3) is 0 Å². The van der Waals surface area contributed by atoms with Crippen LogP contribution in [0.25, 0.3) is 0 Å². The molecule has 0 aliphatic heterocycles. The van der Waals surface area contributed by atoms with Crippen molar-refractivity contribution in [3.05, 3.63) is 11.6 Å². The van der Waals surface area contributed by atoms with Crippen LogP contribution >= 0.6 is 0 Å². The Kier molecular flexibility index (Phi) is 7.93. The fraction of sp³-hybridized carbons (Fsp3) is 0.882. The molecular formula is C17H40O3Si4. The van der Waals surface area contributed by atoms with Crippen molar-refractivity contribution >= 4 is 33.8 Å². The molecule has 0 aromatic heterocycles. The zero-order valence-electron chi connectivity index (χ0n) is 17.5. The standard InChI is InChI=1S/C17H40O3Si4/c1-21(2,3)18-24(19-22(4,5)6,20-23(7,8)9)16-15-17-13-11-10-12-14-17/h13H,10-12,14-16H2,1-9H3. The molecule has 0 amide bonds. The van der Waals surface area contributed by atoms with Gasteiger partial charge in [-0.1, -0.05) is 11.6 Å². The first-order chi connectivity index (χ1) is 10.7. The summed E-state index contributed by atoms with van der Waals surface area (Å²) in [5.74, 6) is 0. The molecule has 0 radical (unpaired) electrons. The summed E-state index contributed by atoms with van der Waals surface area (Å²) in [6, 6.07) is 0.956. The molecule has 0 saturated carbocycles. The first-order valence-corrected chi connectivity index (χ1v) is 21.6. The third-order valence-electron chi connectivity index (χ3n) is 3.52. The molecule has 0 bridgehead atoms. The summed E-state index contributed by atoms with van der Waals surface area (Å²) >= 11 is 0. The first-order valence-electron chi connectivity index (χ1n) is 9.48. The van der Waals surface area contributed by atoms with Crippen molar-refractivity contribution in [3.8, 4) is 0 Å². The van der Waals surface area contributed by atoms with Crippen LogP contribution in [0.5, 0.6) is 0 Å². The van der Waals surface area contributed by atoms with Crippen LogP contribution in [-0.4, -0.2) is 33.8 Å². The topological polar surface area (TPSA) is 27.7 Å². The van der Waals surface area contributed by atoms with E-state index < -0.39 is 33.8 Å². The molecule has 142 valence electrons. The van der Waals surface area contributed by atoms with Crippen LogP contribution in [0.2, 0.25) is 65.0 Å². The van der Waals surface area contributed by atoms with Gasteiger partial charge in [0.05, 0.1) is 0 Å².